The Labute approximate surface area is 133 Å². The van der Waals surface area contributed by atoms with Crippen LogP contribution in [0, 0.1) is 18.3 Å². The Morgan fingerprint density at radius 1 is 1.09 bits per heavy atom. The highest BCUT2D eigenvalue weighted by atomic mass is 16.4. The molecule has 0 radical (unpaired) electrons. The van der Waals surface area contributed by atoms with Crippen molar-refractivity contribution in [2.45, 2.75) is 6.92 Å². The Kier molecular flexibility index (Phi) is 4.90. The predicted molar refractivity (Wildman–Crippen MR) is 84.2 cm³/mol. The fourth-order valence-electron chi connectivity index (χ4n) is 1.87. The van der Waals surface area contributed by atoms with Crippen molar-refractivity contribution in [2.75, 3.05) is 5.32 Å². The summed E-state index contributed by atoms with van der Waals surface area (Å²) in [6.45, 7) is 1.93. The topological polar surface area (TPSA) is 93.0 Å². The number of aryl methyl sites for hydroxylation is 1. The third-order valence-electron chi connectivity index (χ3n) is 3.13. The van der Waals surface area contributed by atoms with Crippen LogP contribution in [-0.2, 0) is 4.79 Å². The van der Waals surface area contributed by atoms with Crippen molar-refractivity contribution >= 4 is 23.6 Å². The quantitative estimate of drug-likeness (QED) is 0.689. The summed E-state index contributed by atoms with van der Waals surface area (Å²) >= 11 is 0. The molecular weight excluding hydrogens is 292 g/mol. The van der Waals surface area contributed by atoms with E-state index in [1.807, 2.05) is 25.1 Å². The summed E-state index contributed by atoms with van der Waals surface area (Å²) in [5, 5.41) is 22.5. The highest BCUT2D eigenvalue weighted by Crippen LogP contribution is 2.13. The molecule has 0 saturated heterocycles. The number of carboxylic acids is 1. The molecule has 1 amide bonds. The summed E-state index contributed by atoms with van der Waals surface area (Å²) in [6, 6.07) is 14.7. The Morgan fingerprint density at radius 3 is 2.22 bits per heavy atom. The van der Waals surface area contributed by atoms with Gasteiger partial charge in [0.1, 0.15) is 11.6 Å². The van der Waals surface area contributed by atoms with E-state index in [1.165, 1.54) is 30.3 Å². The van der Waals surface area contributed by atoms with E-state index in [2.05, 4.69) is 5.32 Å². The van der Waals surface area contributed by atoms with Crippen LogP contribution < -0.4 is 10.4 Å². The summed E-state index contributed by atoms with van der Waals surface area (Å²) < 4.78 is 0. The number of benzene rings is 2. The molecule has 0 aliphatic carbocycles. The molecule has 0 saturated carbocycles. The normalized spacial score (nSPS) is 10.7. The first-order valence-electron chi connectivity index (χ1n) is 6.81. The fraction of sp³-hybridized carbons (Fsp3) is 0.0556. The van der Waals surface area contributed by atoms with Gasteiger partial charge in [-0.05, 0) is 36.3 Å². The predicted octanol–water partition coefficient (Wildman–Crippen LogP) is 1.90. The van der Waals surface area contributed by atoms with Gasteiger partial charge in [0.2, 0.25) is 0 Å². The Hall–Kier alpha value is -3.39. The molecule has 114 valence electrons. The summed E-state index contributed by atoms with van der Waals surface area (Å²) in [5.74, 6) is -1.81. The van der Waals surface area contributed by atoms with Gasteiger partial charge in [-0.25, -0.2) is 0 Å². The molecule has 0 unspecified atom stereocenters. The molecule has 0 aliphatic heterocycles. The lowest BCUT2D eigenvalue weighted by Crippen LogP contribution is -2.21. The first kappa shape index (κ1) is 16.0. The highest BCUT2D eigenvalue weighted by molar-refractivity contribution is 6.09. The molecular formula is C18H13N2O3-. The monoisotopic (exact) mass is 305 g/mol. The first-order valence-corrected chi connectivity index (χ1v) is 6.81. The van der Waals surface area contributed by atoms with Gasteiger partial charge in [-0.3, -0.25) is 4.79 Å². The van der Waals surface area contributed by atoms with Gasteiger partial charge in [-0.1, -0.05) is 42.0 Å². The molecule has 0 atom stereocenters. The molecule has 2 aromatic carbocycles. The number of carbonyl (C=O) groups excluding carboxylic acids is 2. The Bertz CT molecular complexity index is 798. The maximum atomic E-state index is 12.1. The average molecular weight is 305 g/mol. The number of amides is 1. The van der Waals surface area contributed by atoms with Gasteiger partial charge in [0.25, 0.3) is 5.91 Å². The number of nitriles is 1. The summed E-state index contributed by atoms with van der Waals surface area (Å²) in [7, 11) is 0. The number of carboxylic acid groups (broad SMARTS) is 1. The van der Waals surface area contributed by atoms with Crippen LogP contribution in [0.1, 0.15) is 21.5 Å². The molecule has 5 heteroatoms. The molecule has 0 spiro atoms. The van der Waals surface area contributed by atoms with Crippen LogP contribution in [0.3, 0.4) is 0 Å². The van der Waals surface area contributed by atoms with Gasteiger partial charge < -0.3 is 15.2 Å². The Balaban J connectivity index is 2.17. The van der Waals surface area contributed by atoms with Gasteiger partial charge in [-0.2, -0.15) is 5.26 Å². The number of aromatic carboxylic acids is 1. The van der Waals surface area contributed by atoms with Crippen LogP contribution >= 0.6 is 0 Å². The Morgan fingerprint density at radius 2 is 1.70 bits per heavy atom. The standard InChI is InChI=1S/C18H14N2O3/c1-12-2-8-16(9-3-12)20-17(21)15(11-19)10-13-4-6-14(7-5-13)18(22)23/h2-10H,1H3,(H,20,21)(H,22,23)/p-1/b15-10-. The van der Waals surface area contributed by atoms with Gasteiger partial charge in [-0.15, -0.1) is 0 Å². The third kappa shape index (κ3) is 4.29. The zero-order valence-electron chi connectivity index (χ0n) is 12.4. The minimum Gasteiger partial charge on any atom is -0.545 e. The summed E-state index contributed by atoms with van der Waals surface area (Å²) in [6.07, 6.45) is 1.39. The number of carbonyl (C=O) groups is 2. The van der Waals surface area contributed by atoms with Crippen molar-refractivity contribution in [3.05, 3.63) is 70.8 Å². The van der Waals surface area contributed by atoms with E-state index in [-0.39, 0.29) is 11.1 Å². The van der Waals surface area contributed by atoms with Crippen LogP contribution in [0.25, 0.3) is 6.08 Å². The largest absolute Gasteiger partial charge is 0.545 e. The molecule has 2 rings (SSSR count). The fourth-order valence-corrected chi connectivity index (χ4v) is 1.87. The smallest absolute Gasteiger partial charge is 0.266 e. The van der Waals surface area contributed by atoms with Crippen molar-refractivity contribution < 1.29 is 14.7 Å². The van der Waals surface area contributed by atoms with Crippen molar-refractivity contribution in [3.63, 3.8) is 0 Å². The number of nitrogens with one attached hydrogen (secondary N) is 1. The van der Waals surface area contributed by atoms with Crippen molar-refractivity contribution in [1.29, 1.82) is 5.26 Å². The molecule has 23 heavy (non-hydrogen) atoms. The third-order valence-corrected chi connectivity index (χ3v) is 3.13. The number of rotatable bonds is 4. The molecule has 0 fully saturated rings. The summed E-state index contributed by atoms with van der Waals surface area (Å²) in [5.41, 5.74) is 2.16. The van der Waals surface area contributed by atoms with Gasteiger partial charge in [0, 0.05) is 5.69 Å². The molecule has 0 aliphatic rings. The second-order valence-electron chi connectivity index (χ2n) is 4.90. The minimum atomic E-state index is -1.28. The van der Waals surface area contributed by atoms with E-state index in [0.717, 1.165) is 5.56 Å². The molecule has 0 heterocycles. The lowest BCUT2D eigenvalue weighted by molar-refractivity contribution is -0.255. The van der Waals surface area contributed by atoms with Crippen LogP contribution in [0.4, 0.5) is 5.69 Å². The highest BCUT2D eigenvalue weighted by Gasteiger charge is 2.09. The van der Waals surface area contributed by atoms with Crippen molar-refractivity contribution in [1.82, 2.24) is 0 Å². The van der Waals surface area contributed by atoms with E-state index in [0.29, 0.717) is 11.3 Å². The maximum absolute atomic E-state index is 12.1. The zero-order valence-corrected chi connectivity index (χ0v) is 12.4. The lowest BCUT2D eigenvalue weighted by atomic mass is 10.1. The maximum Gasteiger partial charge on any atom is 0.266 e. The van der Waals surface area contributed by atoms with E-state index in [9.17, 15) is 14.7 Å². The van der Waals surface area contributed by atoms with Gasteiger partial charge >= 0.3 is 0 Å². The van der Waals surface area contributed by atoms with Crippen LogP contribution in [0.15, 0.2) is 54.1 Å². The lowest BCUT2D eigenvalue weighted by Gasteiger charge is -2.05. The van der Waals surface area contributed by atoms with E-state index >= 15 is 0 Å². The molecule has 1 N–H and O–H groups in total. The van der Waals surface area contributed by atoms with Gasteiger partial charge in [0.05, 0.1) is 5.97 Å². The number of anilines is 1. The molecule has 2 aromatic rings. The second kappa shape index (κ2) is 7.05. The first-order chi connectivity index (χ1) is 11.0. The van der Waals surface area contributed by atoms with Crippen LogP contribution in [0.2, 0.25) is 0 Å². The van der Waals surface area contributed by atoms with Crippen molar-refractivity contribution in [3.8, 4) is 6.07 Å². The van der Waals surface area contributed by atoms with Crippen LogP contribution in [0.5, 0.6) is 0 Å². The van der Waals surface area contributed by atoms with Crippen molar-refractivity contribution in [2.24, 2.45) is 0 Å². The number of hydrogen-bond acceptors (Lipinski definition) is 4. The summed E-state index contributed by atoms with van der Waals surface area (Å²) in [4.78, 5) is 22.8. The average Bonchev–Trinajstić information content (AvgIpc) is 2.55. The molecule has 5 nitrogen and oxygen atoms in total. The molecule has 0 bridgehead atoms. The zero-order chi connectivity index (χ0) is 16.8. The SMILES string of the molecule is Cc1ccc(NC(=O)/C(C#N)=C\c2ccc(C(=O)[O-])cc2)cc1. The second-order valence-corrected chi connectivity index (χ2v) is 4.90. The molecule has 0 aromatic heterocycles. The van der Waals surface area contributed by atoms with E-state index in [4.69, 9.17) is 5.26 Å². The van der Waals surface area contributed by atoms with Gasteiger partial charge in [0.15, 0.2) is 0 Å². The van der Waals surface area contributed by atoms with E-state index in [1.54, 1.807) is 12.1 Å². The number of nitrogens with zero attached hydrogens (tertiary/aromatic N) is 1. The van der Waals surface area contributed by atoms with Crippen LogP contribution in [-0.4, -0.2) is 11.9 Å². The minimum absolute atomic E-state index is 0.0322. The van der Waals surface area contributed by atoms with E-state index < -0.39 is 11.9 Å². The number of hydrogen-bond donors (Lipinski definition) is 1.